The molecule has 0 aromatic rings. The second-order valence-electron chi connectivity index (χ2n) is 11.2. The summed E-state index contributed by atoms with van der Waals surface area (Å²) in [6, 6.07) is 0.200. The summed E-state index contributed by atoms with van der Waals surface area (Å²) in [6.07, 6.45) is 3.27. The Balaban J connectivity index is 1.57. The maximum Gasteiger partial charge on any atom is 0.0771 e. The van der Waals surface area contributed by atoms with E-state index < -0.39 is 11.7 Å². The molecule has 6 heteroatoms. The molecule has 5 saturated carbocycles. The molecule has 0 aromatic heterocycles. The number of likely N-dealkylation sites (tertiary alicyclic amines) is 1. The SMILES string of the molecule is CCN1C[C@]2(COC)CC[C@H](O)[C@@]34C5C[C@@H]6[C@@H](OC)C[C@@](O)(C5[C@H]6O)[C@@H](CC23)[C@@H]14. The monoisotopic (exact) mass is 407 g/mol. The lowest BCUT2D eigenvalue weighted by Gasteiger charge is -2.69. The van der Waals surface area contributed by atoms with Crippen molar-refractivity contribution in [3.05, 3.63) is 0 Å². The fourth-order valence-electron chi connectivity index (χ4n) is 10.4. The molecule has 0 radical (unpaired) electrons. The average Bonchev–Trinajstić information content (AvgIpc) is 3.13. The third kappa shape index (κ3) is 1.93. The van der Waals surface area contributed by atoms with Gasteiger partial charge in [-0.1, -0.05) is 6.92 Å². The van der Waals surface area contributed by atoms with Crippen LogP contribution in [0.25, 0.3) is 0 Å². The van der Waals surface area contributed by atoms with Crippen LogP contribution in [0.15, 0.2) is 0 Å². The Bertz CT molecular complexity index is 705. The van der Waals surface area contributed by atoms with Crippen LogP contribution in [0.1, 0.15) is 39.0 Å². The van der Waals surface area contributed by atoms with E-state index in [-0.39, 0.29) is 52.8 Å². The van der Waals surface area contributed by atoms with E-state index in [1.165, 1.54) is 0 Å². The molecule has 5 aliphatic carbocycles. The van der Waals surface area contributed by atoms with Crippen LogP contribution in [0.3, 0.4) is 0 Å². The Labute approximate surface area is 173 Å². The van der Waals surface area contributed by atoms with Gasteiger partial charge in [-0.15, -0.1) is 0 Å². The summed E-state index contributed by atoms with van der Waals surface area (Å²) in [5.41, 5.74) is -1.08. The van der Waals surface area contributed by atoms with Crippen LogP contribution >= 0.6 is 0 Å². The predicted octanol–water partition coefficient (Wildman–Crippen LogP) is 0.877. The highest BCUT2D eigenvalue weighted by Gasteiger charge is 2.83. The van der Waals surface area contributed by atoms with E-state index in [1.54, 1.807) is 14.2 Å². The minimum absolute atomic E-state index is 0.0495. The molecular weight excluding hydrogens is 370 g/mol. The fourth-order valence-corrected chi connectivity index (χ4v) is 10.4. The Kier molecular flexibility index (Phi) is 4.00. The molecule has 0 aromatic carbocycles. The summed E-state index contributed by atoms with van der Waals surface area (Å²) in [5.74, 6) is 0.553. The van der Waals surface area contributed by atoms with Crippen molar-refractivity contribution in [1.29, 1.82) is 0 Å². The highest BCUT2D eigenvalue weighted by atomic mass is 16.5. The van der Waals surface area contributed by atoms with E-state index in [4.69, 9.17) is 9.47 Å². The van der Waals surface area contributed by atoms with E-state index in [0.717, 1.165) is 45.4 Å². The van der Waals surface area contributed by atoms with E-state index in [2.05, 4.69) is 11.8 Å². The summed E-state index contributed by atoms with van der Waals surface area (Å²) < 4.78 is 11.6. The molecule has 6 aliphatic rings. The number of hydrogen-bond donors (Lipinski definition) is 3. The Hall–Kier alpha value is -0.240. The molecule has 1 spiro atoms. The number of methoxy groups -OCH3 is 2. The van der Waals surface area contributed by atoms with Gasteiger partial charge in [-0.25, -0.2) is 0 Å². The number of rotatable bonds is 4. The average molecular weight is 408 g/mol. The second kappa shape index (κ2) is 5.96. The molecule has 12 atom stereocenters. The third-order valence-electron chi connectivity index (χ3n) is 10.9. The van der Waals surface area contributed by atoms with Gasteiger partial charge in [0, 0.05) is 61.8 Å². The minimum atomic E-state index is -0.901. The Morgan fingerprint density at radius 3 is 2.62 bits per heavy atom. The molecule has 1 heterocycles. The van der Waals surface area contributed by atoms with Crippen molar-refractivity contribution in [1.82, 2.24) is 4.90 Å². The van der Waals surface area contributed by atoms with Crippen molar-refractivity contribution < 1.29 is 24.8 Å². The molecule has 1 aliphatic heterocycles. The Morgan fingerprint density at radius 2 is 1.93 bits per heavy atom. The van der Waals surface area contributed by atoms with Crippen LogP contribution in [0.2, 0.25) is 0 Å². The molecule has 6 fully saturated rings. The zero-order chi connectivity index (χ0) is 20.3. The highest BCUT2D eigenvalue weighted by Crippen LogP contribution is 2.78. The summed E-state index contributed by atoms with van der Waals surface area (Å²) in [4.78, 5) is 2.57. The van der Waals surface area contributed by atoms with Gasteiger partial charge in [-0.05, 0) is 44.1 Å². The normalized spacial score (nSPS) is 62.5. The molecule has 164 valence electrons. The molecule has 6 rings (SSSR count). The van der Waals surface area contributed by atoms with Gasteiger partial charge in [0.25, 0.3) is 0 Å². The number of nitrogens with zero attached hydrogens (tertiary/aromatic N) is 1. The van der Waals surface area contributed by atoms with Gasteiger partial charge in [-0.3, -0.25) is 4.90 Å². The van der Waals surface area contributed by atoms with Gasteiger partial charge < -0.3 is 24.8 Å². The molecule has 1 saturated heterocycles. The second-order valence-corrected chi connectivity index (χ2v) is 11.2. The molecule has 6 nitrogen and oxygen atoms in total. The minimum Gasteiger partial charge on any atom is -0.392 e. The number of piperidine rings is 1. The van der Waals surface area contributed by atoms with Crippen LogP contribution in [-0.2, 0) is 9.47 Å². The molecule has 7 bridgehead atoms. The maximum absolute atomic E-state index is 12.2. The molecule has 0 amide bonds. The van der Waals surface area contributed by atoms with Gasteiger partial charge in [0.1, 0.15) is 0 Å². The van der Waals surface area contributed by atoms with Gasteiger partial charge >= 0.3 is 0 Å². The van der Waals surface area contributed by atoms with E-state index >= 15 is 0 Å². The van der Waals surface area contributed by atoms with Crippen molar-refractivity contribution >= 4 is 0 Å². The van der Waals surface area contributed by atoms with Gasteiger partial charge in [-0.2, -0.15) is 0 Å². The van der Waals surface area contributed by atoms with Crippen LogP contribution < -0.4 is 0 Å². The number of aliphatic hydroxyl groups is 3. The maximum atomic E-state index is 12.2. The van der Waals surface area contributed by atoms with Crippen molar-refractivity contribution in [3.63, 3.8) is 0 Å². The lowest BCUT2D eigenvalue weighted by molar-refractivity contribution is -0.272. The van der Waals surface area contributed by atoms with Crippen molar-refractivity contribution in [2.75, 3.05) is 33.9 Å². The first-order chi connectivity index (χ1) is 13.9. The van der Waals surface area contributed by atoms with Gasteiger partial charge in [0.15, 0.2) is 0 Å². The van der Waals surface area contributed by atoms with Crippen LogP contribution in [0.5, 0.6) is 0 Å². The zero-order valence-electron chi connectivity index (χ0n) is 18.0. The van der Waals surface area contributed by atoms with Crippen LogP contribution in [0, 0.1) is 40.4 Å². The topological polar surface area (TPSA) is 82.4 Å². The third-order valence-corrected chi connectivity index (χ3v) is 10.9. The highest BCUT2D eigenvalue weighted by molar-refractivity contribution is 5.33. The standard InChI is InChI=1S/C23H37NO5/c1-4-24-10-21(11-28-2)6-5-17(25)23-13-7-12-15(29-3)9-22(27,18(13)19(12)26)14(20(23)24)8-16(21)23/h12-20,25-27H,4-11H2,1-3H3/t12-,13?,14+,15+,16?,17+,18?,19+,20-,21+,22+,23-/m1/s1. The van der Waals surface area contributed by atoms with Gasteiger partial charge in [0.05, 0.1) is 30.5 Å². The lowest BCUT2D eigenvalue weighted by atomic mass is 9.43. The van der Waals surface area contributed by atoms with Crippen LogP contribution in [-0.4, -0.2) is 84.1 Å². The molecular formula is C23H37NO5. The molecule has 3 unspecified atom stereocenters. The predicted molar refractivity (Wildman–Crippen MR) is 106 cm³/mol. The molecule has 3 N–H and O–H groups in total. The van der Waals surface area contributed by atoms with E-state index in [0.29, 0.717) is 12.3 Å². The number of aliphatic hydroxyl groups excluding tert-OH is 2. The van der Waals surface area contributed by atoms with Gasteiger partial charge in [0.2, 0.25) is 0 Å². The first kappa shape index (κ1) is 19.4. The fraction of sp³-hybridized carbons (Fsp3) is 1.00. The lowest BCUT2D eigenvalue weighted by Crippen LogP contribution is -2.76. The Morgan fingerprint density at radius 1 is 1.14 bits per heavy atom. The smallest absolute Gasteiger partial charge is 0.0771 e. The largest absolute Gasteiger partial charge is 0.392 e. The summed E-state index contributed by atoms with van der Waals surface area (Å²) in [6.45, 7) is 4.88. The summed E-state index contributed by atoms with van der Waals surface area (Å²) >= 11 is 0. The zero-order valence-corrected chi connectivity index (χ0v) is 18.0. The number of ether oxygens (including phenoxy) is 2. The van der Waals surface area contributed by atoms with Crippen LogP contribution in [0.4, 0.5) is 0 Å². The number of fused-ring (bicyclic) bond motifs is 2. The summed E-state index contributed by atoms with van der Waals surface area (Å²) in [7, 11) is 3.52. The van der Waals surface area contributed by atoms with E-state index in [1.807, 2.05) is 0 Å². The number of hydrogen-bond acceptors (Lipinski definition) is 6. The summed E-state index contributed by atoms with van der Waals surface area (Å²) in [5, 5.41) is 35.2. The van der Waals surface area contributed by atoms with Crippen molar-refractivity contribution in [2.45, 2.75) is 69.0 Å². The first-order valence-corrected chi connectivity index (χ1v) is 11.7. The van der Waals surface area contributed by atoms with E-state index in [9.17, 15) is 15.3 Å². The van der Waals surface area contributed by atoms with Crippen molar-refractivity contribution in [2.24, 2.45) is 40.4 Å². The van der Waals surface area contributed by atoms with Crippen molar-refractivity contribution in [3.8, 4) is 0 Å². The quantitative estimate of drug-likeness (QED) is 0.642. The molecule has 29 heavy (non-hydrogen) atoms. The first-order valence-electron chi connectivity index (χ1n) is 11.7.